The van der Waals surface area contributed by atoms with Crippen molar-refractivity contribution in [3.05, 3.63) is 23.7 Å². The van der Waals surface area contributed by atoms with Crippen LogP contribution in [0.5, 0.6) is 0 Å². The Kier molecular flexibility index (Phi) is 3.33. The van der Waals surface area contributed by atoms with Gasteiger partial charge in [-0.2, -0.15) is 0 Å². The highest BCUT2D eigenvalue weighted by Crippen LogP contribution is 2.26. The SMILES string of the molecule is CC1CN2CCCC2CN1C(=O)c1ccc(CN)o1. The Balaban J connectivity index is 1.75. The van der Waals surface area contributed by atoms with Gasteiger partial charge < -0.3 is 15.1 Å². The Hall–Kier alpha value is -1.33. The second kappa shape index (κ2) is 4.98. The topological polar surface area (TPSA) is 62.7 Å². The molecule has 1 aromatic rings. The molecule has 0 aliphatic carbocycles. The van der Waals surface area contributed by atoms with Crippen molar-refractivity contribution in [3.8, 4) is 0 Å². The van der Waals surface area contributed by atoms with E-state index in [2.05, 4.69) is 11.8 Å². The van der Waals surface area contributed by atoms with Crippen LogP contribution < -0.4 is 5.73 Å². The monoisotopic (exact) mass is 263 g/mol. The van der Waals surface area contributed by atoms with Crippen LogP contribution in [0.3, 0.4) is 0 Å². The molecule has 2 saturated heterocycles. The van der Waals surface area contributed by atoms with Crippen LogP contribution in [0.25, 0.3) is 0 Å². The Bertz CT molecular complexity index is 471. The molecule has 19 heavy (non-hydrogen) atoms. The third-order valence-electron chi connectivity index (χ3n) is 4.27. The maximum Gasteiger partial charge on any atom is 0.289 e. The molecule has 0 bridgehead atoms. The number of amides is 1. The fraction of sp³-hybridized carbons (Fsp3) is 0.643. The minimum absolute atomic E-state index is 0.00116. The minimum Gasteiger partial charge on any atom is -0.455 e. The summed E-state index contributed by atoms with van der Waals surface area (Å²) in [5, 5.41) is 0. The van der Waals surface area contributed by atoms with Crippen molar-refractivity contribution in [1.82, 2.24) is 9.80 Å². The quantitative estimate of drug-likeness (QED) is 0.866. The van der Waals surface area contributed by atoms with Gasteiger partial charge in [0, 0.05) is 25.2 Å². The van der Waals surface area contributed by atoms with E-state index in [-0.39, 0.29) is 11.9 Å². The fourth-order valence-electron chi connectivity index (χ4n) is 3.21. The highest BCUT2D eigenvalue weighted by atomic mass is 16.4. The van der Waals surface area contributed by atoms with Crippen LogP contribution in [0, 0.1) is 0 Å². The Labute approximate surface area is 113 Å². The van der Waals surface area contributed by atoms with Crippen LogP contribution in [0.1, 0.15) is 36.1 Å². The zero-order chi connectivity index (χ0) is 13.4. The van der Waals surface area contributed by atoms with Gasteiger partial charge >= 0.3 is 0 Å². The summed E-state index contributed by atoms with van der Waals surface area (Å²) in [6.07, 6.45) is 2.44. The van der Waals surface area contributed by atoms with Crippen LogP contribution in [-0.2, 0) is 6.54 Å². The number of furan rings is 1. The van der Waals surface area contributed by atoms with Gasteiger partial charge in [0.05, 0.1) is 6.54 Å². The molecule has 2 fully saturated rings. The molecule has 2 aliphatic heterocycles. The van der Waals surface area contributed by atoms with Gasteiger partial charge in [0.25, 0.3) is 5.91 Å². The molecule has 0 saturated carbocycles. The van der Waals surface area contributed by atoms with E-state index in [1.807, 2.05) is 4.90 Å². The lowest BCUT2D eigenvalue weighted by atomic mass is 10.1. The summed E-state index contributed by atoms with van der Waals surface area (Å²) in [6, 6.07) is 4.29. The summed E-state index contributed by atoms with van der Waals surface area (Å²) >= 11 is 0. The van der Waals surface area contributed by atoms with E-state index in [0.29, 0.717) is 24.1 Å². The van der Waals surface area contributed by atoms with Crippen molar-refractivity contribution in [1.29, 1.82) is 0 Å². The smallest absolute Gasteiger partial charge is 0.289 e. The summed E-state index contributed by atoms with van der Waals surface area (Å²) in [5.74, 6) is 1.08. The second-order valence-corrected chi connectivity index (χ2v) is 5.57. The number of carbonyl (C=O) groups excluding carboxylic acids is 1. The first-order valence-corrected chi connectivity index (χ1v) is 7.03. The molecule has 1 aromatic heterocycles. The number of piperazine rings is 1. The van der Waals surface area contributed by atoms with Crippen LogP contribution in [0.15, 0.2) is 16.5 Å². The first-order chi connectivity index (χ1) is 9.19. The van der Waals surface area contributed by atoms with E-state index in [4.69, 9.17) is 10.2 Å². The molecule has 2 aliphatic rings. The highest BCUT2D eigenvalue weighted by molar-refractivity contribution is 5.91. The molecule has 0 radical (unpaired) electrons. The molecule has 3 heterocycles. The zero-order valence-corrected chi connectivity index (χ0v) is 11.3. The fourth-order valence-corrected chi connectivity index (χ4v) is 3.21. The van der Waals surface area contributed by atoms with Gasteiger partial charge in [-0.15, -0.1) is 0 Å². The molecule has 5 heteroatoms. The molecule has 2 N–H and O–H groups in total. The van der Waals surface area contributed by atoms with Crippen LogP contribution >= 0.6 is 0 Å². The van der Waals surface area contributed by atoms with E-state index in [1.165, 1.54) is 19.4 Å². The Morgan fingerprint density at radius 3 is 3.05 bits per heavy atom. The third kappa shape index (κ3) is 2.28. The number of nitrogens with zero attached hydrogens (tertiary/aromatic N) is 2. The molecule has 2 unspecified atom stereocenters. The maximum atomic E-state index is 12.5. The predicted octanol–water partition coefficient (Wildman–Crippen LogP) is 1.05. The van der Waals surface area contributed by atoms with Crippen LogP contribution in [0.4, 0.5) is 0 Å². The number of fused-ring (bicyclic) bond motifs is 1. The normalized spacial score (nSPS) is 27.6. The molecule has 2 atom stereocenters. The number of nitrogens with two attached hydrogens (primary N) is 1. The van der Waals surface area contributed by atoms with Gasteiger partial charge in [-0.05, 0) is 38.4 Å². The van der Waals surface area contributed by atoms with Gasteiger partial charge in [0.2, 0.25) is 0 Å². The van der Waals surface area contributed by atoms with Gasteiger partial charge in [-0.3, -0.25) is 9.69 Å². The zero-order valence-electron chi connectivity index (χ0n) is 11.3. The van der Waals surface area contributed by atoms with Gasteiger partial charge in [-0.1, -0.05) is 0 Å². The lowest BCUT2D eigenvalue weighted by Gasteiger charge is -2.41. The highest BCUT2D eigenvalue weighted by Gasteiger charge is 2.37. The molecular weight excluding hydrogens is 242 g/mol. The number of rotatable bonds is 2. The first-order valence-electron chi connectivity index (χ1n) is 7.03. The summed E-state index contributed by atoms with van der Waals surface area (Å²) < 4.78 is 5.48. The summed E-state index contributed by atoms with van der Waals surface area (Å²) in [6.45, 7) is 5.41. The van der Waals surface area contributed by atoms with Crippen molar-refractivity contribution in [3.63, 3.8) is 0 Å². The molecule has 3 rings (SSSR count). The van der Waals surface area contributed by atoms with Crippen molar-refractivity contribution in [2.24, 2.45) is 5.73 Å². The summed E-state index contributed by atoms with van der Waals surface area (Å²) in [4.78, 5) is 17.0. The molecule has 0 aromatic carbocycles. The van der Waals surface area contributed by atoms with E-state index >= 15 is 0 Å². The Morgan fingerprint density at radius 2 is 2.32 bits per heavy atom. The number of carbonyl (C=O) groups is 1. The Morgan fingerprint density at radius 1 is 1.47 bits per heavy atom. The summed E-state index contributed by atoms with van der Waals surface area (Å²) in [5.41, 5.74) is 5.51. The maximum absolute atomic E-state index is 12.5. The van der Waals surface area contributed by atoms with Crippen LogP contribution in [-0.4, -0.2) is 47.4 Å². The van der Waals surface area contributed by atoms with Gasteiger partial charge in [0.1, 0.15) is 5.76 Å². The van der Waals surface area contributed by atoms with E-state index in [0.717, 1.165) is 13.1 Å². The summed E-state index contributed by atoms with van der Waals surface area (Å²) in [7, 11) is 0. The molecule has 0 spiro atoms. The largest absolute Gasteiger partial charge is 0.455 e. The van der Waals surface area contributed by atoms with Crippen LogP contribution in [0.2, 0.25) is 0 Å². The van der Waals surface area contributed by atoms with Crippen molar-refractivity contribution < 1.29 is 9.21 Å². The standard InChI is InChI=1S/C14H21N3O2/c1-10-8-16-6-2-3-11(16)9-17(10)14(18)13-5-4-12(7-15)19-13/h4-5,10-11H,2-3,6-9,15H2,1H3. The lowest BCUT2D eigenvalue weighted by Crippen LogP contribution is -2.56. The molecule has 1 amide bonds. The second-order valence-electron chi connectivity index (χ2n) is 5.57. The number of hydrogen-bond acceptors (Lipinski definition) is 4. The minimum atomic E-state index is -0.00116. The average molecular weight is 263 g/mol. The molecule has 104 valence electrons. The van der Waals surface area contributed by atoms with E-state index < -0.39 is 0 Å². The van der Waals surface area contributed by atoms with Crippen molar-refractivity contribution in [2.45, 2.75) is 38.4 Å². The molecular formula is C14H21N3O2. The van der Waals surface area contributed by atoms with Gasteiger partial charge in [0.15, 0.2) is 5.76 Å². The lowest BCUT2D eigenvalue weighted by molar-refractivity contribution is 0.0367. The molecule has 5 nitrogen and oxygen atoms in total. The van der Waals surface area contributed by atoms with Crippen molar-refractivity contribution >= 4 is 5.91 Å². The van der Waals surface area contributed by atoms with E-state index in [9.17, 15) is 4.79 Å². The predicted molar refractivity (Wildman–Crippen MR) is 71.7 cm³/mol. The van der Waals surface area contributed by atoms with E-state index in [1.54, 1.807) is 12.1 Å². The van der Waals surface area contributed by atoms with Crippen molar-refractivity contribution in [2.75, 3.05) is 19.6 Å². The van der Waals surface area contributed by atoms with Gasteiger partial charge in [-0.25, -0.2) is 0 Å². The number of hydrogen-bond donors (Lipinski definition) is 1. The average Bonchev–Trinajstić information content (AvgIpc) is 3.05. The third-order valence-corrected chi connectivity index (χ3v) is 4.27. The first kappa shape index (κ1) is 12.7.